The highest BCUT2D eigenvalue weighted by molar-refractivity contribution is 5.93. The van der Waals surface area contributed by atoms with Crippen LogP contribution in [0.1, 0.15) is 26.7 Å². The lowest BCUT2D eigenvalue weighted by Crippen LogP contribution is -2.20. The largest absolute Gasteiger partial charge is 0.368 e. The van der Waals surface area contributed by atoms with Gasteiger partial charge >= 0.3 is 0 Å². The fourth-order valence-electron chi connectivity index (χ4n) is 1.84. The third kappa shape index (κ3) is 2.35. The average Bonchev–Trinajstić information content (AvgIpc) is 2.61. The number of carbonyl (C=O) groups is 1. The molecule has 0 radical (unpaired) electrons. The number of aromatic nitrogens is 2. The van der Waals surface area contributed by atoms with Crippen molar-refractivity contribution in [2.75, 3.05) is 17.2 Å². The molecule has 16 heavy (non-hydrogen) atoms. The molecule has 1 aromatic rings. The molecular formula is C11H18N4O. The zero-order valence-corrected chi connectivity index (χ0v) is 9.79. The minimum Gasteiger partial charge on any atom is -0.368 e. The summed E-state index contributed by atoms with van der Waals surface area (Å²) in [4.78, 5) is 11.6. The minimum atomic E-state index is 0.0539. The van der Waals surface area contributed by atoms with Crippen LogP contribution in [-0.2, 0) is 11.3 Å². The Morgan fingerprint density at radius 3 is 3.25 bits per heavy atom. The van der Waals surface area contributed by atoms with E-state index in [-0.39, 0.29) is 5.91 Å². The maximum atomic E-state index is 11.6. The molecule has 0 fully saturated rings. The number of nitrogens with one attached hydrogen (secondary N) is 2. The lowest BCUT2D eigenvalue weighted by Gasteiger charge is -2.17. The van der Waals surface area contributed by atoms with Crippen LogP contribution in [0.15, 0.2) is 6.20 Å². The van der Waals surface area contributed by atoms with Gasteiger partial charge in [0.15, 0.2) is 0 Å². The Hall–Kier alpha value is -1.52. The molecule has 1 aromatic heterocycles. The number of rotatable bonds is 3. The van der Waals surface area contributed by atoms with E-state index < -0.39 is 0 Å². The van der Waals surface area contributed by atoms with E-state index in [4.69, 9.17) is 0 Å². The number of amides is 1. The van der Waals surface area contributed by atoms with E-state index in [9.17, 15) is 4.79 Å². The van der Waals surface area contributed by atoms with Gasteiger partial charge in [0.2, 0.25) is 5.91 Å². The van der Waals surface area contributed by atoms with Crippen molar-refractivity contribution in [1.29, 1.82) is 0 Å². The summed E-state index contributed by atoms with van der Waals surface area (Å²) in [6, 6.07) is 0. The Kier molecular flexibility index (Phi) is 3.12. The first-order valence-electron chi connectivity index (χ1n) is 5.76. The van der Waals surface area contributed by atoms with Gasteiger partial charge < -0.3 is 10.6 Å². The summed E-state index contributed by atoms with van der Waals surface area (Å²) in [5.74, 6) is 1.36. The molecule has 88 valence electrons. The van der Waals surface area contributed by atoms with E-state index in [1.54, 1.807) is 6.20 Å². The Balaban J connectivity index is 2.04. The topological polar surface area (TPSA) is 59.0 Å². The molecule has 1 aliphatic rings. The third-order valence-corrected chi connectivity index (χ3v) is 2.55. The molecule has 0 unspecified atom stereocenters. The molecule has 0 saturated heterocycles. The molecule has 1 aliphatic heterocycles. The van der Waals surface area contributed by atoms with Crippen LogP contribution in [0.3, 0.4) is 0 Å². The Bertz CT molecular complexity index is 383. The molecule has 5 heteroatoms. The van der Waals surface area contributed by atoms with Crippen LogP contribution in [0.2, 0.25) is 0 Å². The first-order chi connectivity index (χ1) is 7.66. The smallest absolute Gasteiger partial charge is 0.224 e. The lowest BCUT2D eigenvalue weighted by atomic mass is 10.1. The molecule has 1 amide bonds. The van der Waals surface area contributed by atoms with Crippen LogP contribution in [0, 0.1) is 5.92 Å². The van der Waals surface area contributed by atoms with Crippen LogP contribution in [0.4, 0.5) is 11.5 Å². The van der Waals surface area contributed by atoms with Crippen molar-refractivity contribution < 1.29 is 4.79 Å². The summed E-state index contributed by atoms with van der Waals surface area (Å²) in [6.45, 7) is 5.93. The van der Waals surface area contributed by atoms with E-state index in [0.717, 1.165) is 31.0 Å². The molecule has 0 atom stereocenters. The van der Waals surface area contributed by atoms with E-state index in [0.29, 0.717) is 12.3 Å². The van der Waals surface area contributed by atoms with Crippen molar-refractivity contribution in [1.82, 2.24) is 9.78 Å². The van der Waals surface area contributed by atoms with Crippen molar-refractivity contribution >= 4 is 17.4 Å². The molecule has 2 N–H and O–H groups in total. The Morgan fingerprint density at radius 1 is 1.69 bits per heavy atom. The highest BCUT2D eigenvalue weighted by Crippen LogP contribution is 2.24. The van der Waals surface area contributed by atoms with Gasteiger partial charge in [-0.25, -0.2) is 4.68 Å². The lowest BCUT2D eigenvalue weighted by molar-refractivity contribution is -0.116. The summed E-state index contributed by atoms with van der Waals surface area (Å²) in [6.07, 6.45) is 3.34. The Labute approximate surface area is 95.2 Å². The summed E-state index contributed by atoms with van der Waals surface area (Å²) in [5.41, 5.74) is 0.797. The molecular weight excluding hydrogens is 204 g/mol. The van der Waals surface area contributed by atoms with Crippen molar-refractivity contribution in [2.24, 2.45) is 5.92 Å². The fourth-order valence-corrected chi connectivity index (χ4v) is 1.84. The van der Waals surface area contributed by atoms with Crippen LogP contribution in [0.25, 0.3) is 0 Å². The van der Waals surface area contributed by atoms with E-state index >= 15 is 0 Å². The van der Waals surface area contributed by atoms with Gasteiger partial charge in [0.05, 0.1) is 6.20 Å². The van der Waals surface area contributed by atoms with Gasteiger partial charge in [0, 0.05) is 19.5 Å². The number of carbonyl (C=O) groups excluding carboxylic acids is 1. The molecule has 2 rings (SSSR count). The van der Waals surface area contributed by atoms with Gasteiger partial charge in [-0.1, -0.05) is 13.8 Å². The zero-order chi connectivity index (χ0) is 11.5. The average molecular weight is 222 g/mol. The predicted molar refractivity (Wildman–Crippen MR) is 63.4 cm³/mol. The molecule has 5 nitrogen and oxygen atoms in total. The van der Waals surface area contributed by atoms with Gasteiger partial charge in [0.1, 0.15) is 11.5 Å². The van der Waals surface area contributed by atoms with Crippen LogP contribution in [-0.4, -0.2) is 22.2 Å². The van der Waals surface area contributed by atoms with E-state index in [1.807, 2.05) is 18.5 Å². The maximum absolute atomic E-state index is 11.6. The van der Waals surface area contributed by atoms with Crippen molar-refractivity contribution in [3.05, 3.63) is 6.20 Å². The number of hydrogen-bond donors (Lipinski definition) is 2. The fraction of sp³-hybridized carbons (Fsp3) is 0.636. The van der Waals surface area contributed by atoms with Gasteiger partial charge in [-0.3, -0.25) is 4.79 Å². The molecule has 2 heterocycles. The van der Waals surface area contributed by atoms with Gasteiger partial charge in [-0.15, -0.1) is 0 Å². The molecule has 0 saturated carbocycles. The SMILES string of the molecule is CC(C)CC(=O)Nc1cnn2c1NCCC2. The summed E-state index contributed by atoms with van der Waals surface area (Å²) in [7, 11) is 0. The van der Waals surface area contributed by atoms with Gasteiger partial charge in [-0.05, 0) is 12.3 Å². The van der Waals surface area contributed by atoms with Gasteiger partial charge in [-0.2, -0.15) is 5.10 Å². The second-order valence-corrected chi connectivity index (χ2v) is 4.56. The van der Waals surface area contributed by atoms with Crippen molar-refractivity contribution in [2.45, 2.75) is 33.2 Å². The first kappa shape index (κ1) is 11.0. The molecule has 0 bridgehead atoms. The monoisotopic (exact) mass is 222 g/mol. The normalized spacial score (nSPS) is 14.4. The highest BCUT2D eigenvalue weighted by Gasteiger charge is 2.16. The quantitative estimate of drug-likeness (QED) is 0.818. The number of fused-ring (bicyclic) bond motifs is 1. The number of nitrogens with zero attached hydrogens (tertiary/aromatic N) is 2. The molecule has 0 aliphatic carbocycles. The third-order valence-electron chi connectivity index (χ3n) is 2.55. The number of anilines is 2. The minimum absolute atomic E-state index is 0.0539. The van der Waals surface area contributed by atoms with E-state index in [2.05, 4.69) is 15.7 Å². The van der Waals surface area contributed by atoms with Gasteiger partial charge in [0.25, 0.3) is 0 Å². The van der Waals surface area contributed by atoms with Crippen molar-refractivity contribution in [3.8, 4) is 0 Å². The van der Waals surface area contributed by atoms with Crippen molar-refractivity contribution in [3.63, 3.8) is 0 Å². The summed E-state index contributed by atoms with van der Waals surface area (Å²) < 4.78 is 1.90. The molecule has 0 spiro atoms. The number of hydrogen-bond acceptors (Lipinski definition) is 3. The zero-order valence-electron chi connectivity index (χ0n) is 9.79. The Morgan fingerprint density at radius 2 is 2.50 bits per heavy atom. The first-order valence-corrected chi connectivity index (χ1v) is 5.76. The summed E-state index contributed by atoms with van der Waals surface area (Å²) >= 11 is 0. The number of aryl methyl sites for hydroxylation is 1. The maximum Gasteiger partial charge on any atom is 0.224 e. The second-order valence-electron chi connectivity index (χ2n) is 4.56. The molecule has 0 aromatic carbocycles. The highest BCUT2D eigenvalue weighted by atomic mass is 16.1. The second kappa shape index (κ2) is 4.55. The van der Waals surface area contributed by atoms with Crippen LogP contribution >= 0.6 is 0 Å². The standard InChI is InChI=1S/C11H18N4O/c1-8(2)6-10(16)14-9-7-13-15-5-3-4-12-11(9)15/h7-8,12H,3-6H2,1-2H3,(H,14,16). The predicted octanol–water partition coefficient (Wildman–Crippen LogP) is 1.68. The van der Waals surface area contributed by atoms with Crippen LogP contribution < -0.4 is 10.6 Å². The van der Waals surface area contributed by atoms with E-state index in [1.165, 1.54) is 0 Å². The summed E-state index contributed by atoms with van der Waals surface area (Å²) in [5, 5.41) is 10.4. The van der Waals surface area contributed by atoms with Crippen LogP contribution in [0.5, 0.6) is 0 Å².